The van der Waals surface area contributed by atoms with Crippen LogP contribution in [0.1, 0.15) is 38.4 Å². The van der Waals surface area contributed by atoms with Gasteiger partial charge in [0.25, 0.3) is 5.91 Å². The lowest BCUT2D eigenvalue weighted by Crippen LogP contribution is -2.29. The van der Waals surface area contributed by atoms with Crippen molar-refractivity contribution in [2.24, 2.45) is 5.10 Å². The number of anilines is 1. The van der Waals surface area contributed by atoms with Gasteiger partial charge in [-0.25, -0.2) is 13.8 Å². The van der Waals surface area contributed by atoms with Crippen molar-refractivity contribution in [1.29, 1.82) is 0 Å². The van der Waals surface area contributed by atoms with E-state index < -0.39 is 15.9 Å². The van der Waals surface area contributed by atoms with Gasteiger partial charge >= 0.3 is 0 Å². The van der Waals surface area contributed by atoms with Gasteiger partial charge in [-0.2, -0.15) is 5.10 Å². The van der Waals surface area contributed by atoms with Gasteiger partial charge in [0.05, 0.1) is 34.7 Å². The number of sulfonamides is 1. The van der Waals surface area contributed by atoms with Gasteiger partial charge in [-0.05, 0) is 80.4 Å². The SMILES string of the molecule is Cc1ccccc1CN(c1ccc(C(=O)N/N=C\c2cc(C)n(-c3ccc(Cl)c(Cl)c3)c2C)cc1)S(C)(=O)=O. The number of nitrogens with one attached hydrogen (secondary N) is 1. The molecule has 202 valence electrons. The highest BCUT2D eigenvalue weighted by atomic mass is 35.5. The number of benzene rings is 3. The molecule has 3 aromatic carbocycles. The molecule has 1 N–H and O–H groups in total. The summed E-state index contributed by atoms with van der Waals surface area (Å²) in [5, 5.41) is 5.07. The smallest absolute Gasteiger partial charge is 0.271 e. The first kappa shape index (κ1) is 28.4. The standard InChI is InChI=1S/C29H28Cl2N4O3S/c1-19-7-5-6-8-23(19)18-34(39(4,37)38)25-11-9-22(10-12-25)29(36)33-32-17-24-15-20(2)35(21(24)3)26-13-14-27(30)28(31)16-26/h5-17H,18H2,1-4H3,(H,33,36)/b32-17-. The third-order valence-electron chi connectivity index (χ3n) is 6.39. The molecule has 0 unspecified atom stereocenters. The van der Waals surface area contributed by atoms with Crippen LogP contribution in [0.15, 0.2) is 77.9 Å². The molecule has 0 spiro atoms. The van der Waals surface area contributed by atoms with Gasteiger partial charge in [-0.1, -0.05) is 47.5 Å². The van der Waals surface area contributed by atoms with E-state index in [0.29, 0.717) is 21.3 Å². The fourth-order valence-corrected chi connectivity index (χ4v) is 5.46. The maximum Gasteiger partial charge on any atom is 0.271 e. The predicted molar refractivity (Wildman–Crippen MR) is 159 cm³/mol. The number of carbonyl (C=O) groups is 1. The van der Waals surface area contributed by atoms with E-state index in [4.69, 9.17) is 23.2 Å². The summed E-state index contributed by atoms with van der Waals surface area (Å²) in [6.45, 7) is 6.05. The zero-order chi connectivity index (χ0) is 28.3. The van der Waals surface area contributed by atoms with Gasteiger partial charge in [0, 0.05) is 28.2 Å². The Balaban J connectivity index is 1.48. The maximum absolute atomic E-state index is 12.7. The Kier molecular flexibility index (Phi) is 8.49. The van der Waals surface area contributed by atoms with E-state index in [1.807, 2.05) is 61.7 Å². The molecule has 1 heterocycles. The number of hydrogen-bond acceptors (Lipinski definition) is 4. The average Bonchev–Trinajstić information content (AvgIpc) is 3.17. The normalized spacial score (nSPS) is 11.6. The summed E-state index contributed by atoms with van der Waals surface area (Å²) in [6, 6.07) is 21.4. The van der Waals surface area contributed by atoms with Crippen LogP contribution in [0.2, 0.25) is 10.0 Å². The molecule has 0 radical (unpaired) electrons. The van der Waals surface area contributed by atoms with Gasteiger partial charge in [0.1, 0.15) is 0 Å². The Morgan fingerprint density at radius 2 is 1.67 bits per heavy atom. The zero-order valence-electron chi connectivity index (χ0n) is 21.9. The van der Waals surface area contributed by atoms with Crippen LogP contribution in [-0.2, 0) is 16.6 Å². The minimum absolute atomic E-state index is 0.196. The topological polar surface area (TPSA) is 83.8 Å². The second-order valence-electron chi connectivity index (χ2n) is 9.20. The predicted octanol–water partition coefficient (Wildman–Crippen LogP) is 6.44. The highest BCUT2D eigenvalue weighted by Crippen LogP contribution is 2.27. The van der Waals surface area contributed by atoms with Crippen molar-refractivity contribution < 1.29 is 13.2 Å². The van der Waals surface area contributed by atoms with Gasteiger partial charge in [0.15, 0.2) is 0 Å². The lowest BCUT2D eigenvalue weighted by molar-refractivity contribution is 0.0955. The quantitative estimate of drug-likeness (QED) is 0.192. The van der Waals surface area contributed by atoms with E-state index >= 15 is 0 Å². The number of amides is 1. The number of carbonyl (C=O) groups excluding carboxylic acids is 1. The average molecular weight is 584 g/mol. The zero-order valence-corrected chi connectivity index (χ0v) is 24.3. The van der Waals surface area contributed by atoms with Gasteiger partial charge in [0.2, 0.25) is 10.0 Å². The fourth-order valence-electron chi connectivity index (χ4n) is 4.29. The van der Waals surface area contributed by atoms with Crippen LogP contribution in [0, 0.1) is 20.8 Å². The Morgan fingerprint density at radius 3 is 2.31 bits per heavy atom. The fraction of sp³-hybridized carbons (Fsp3) is 0.172. The lowest BCUT2D eigenvalue weighted by atomic mass is 10.1. The number of hydrogen-bond donors (Lipinski definition) is 1. The molecule has 39 heavy (non-hydrogen) atoms. The number of rotatable bonds is 8. The van der Waals surface area contributed by atoms with E-state index in [0.717, 1.165) is 33.8 Å². The first-order valence-electron chi connectivity index (χ1n) is 12.1. The molecule has 0 aliphatic carbocycles. The van der Waals surface area contributed by atoms with Crippen molar-refractivity contribution in [2.75, 3.05) is 10.6 Å². The van der Waals surface area contributed by atoms with E-state index in [9.17, 15) is 13.2 Å². The number of aromatic nitrogens is 1. The number of nitrogens with zero attached hydrogens (tertiary/aromatic N) is 3. The van der Waals surface area contributed by atoms with Crippen LogP contribution in [-0.4, -0.2) is 31.4 Å². The number of hydrazone groups is 1. The summed E-state index contributed by atoms with van der Waals surface area (Å²) in [5.74, 6) is -0.416. The monoisotopic (exact) mass is 582 g/mol. The van der Waals surface area contributed by atoms with Crippen molar-refractivity contribution >= 4 is 51.0 Å². The molecule has 0 saturated heterocycles. The van der Waals surface area contributed by atoms with E-state index in [1.54, 1.807) is 42.6 Å². The Hall–Kier alpha value is -3.59. The molecule has 0 saturated carbocycles. The number of halogens is 2. The Morgan fingerprint density at radius 1 is 0.974 bits per heavy atom. The Bertz CT molecular complexity index is 1660. The van der Waals surface area contributed by atoms with E-state index in [1.165, 1.54) is 10.6 Å². The largest absolute Gasteiger partial charge is 0.318 e. The van der Waals surface area contributed by atoms with Gasteiger partial charge < -0.3 is 4.57 Å². The molecule has 4 rings (SSSR count). The Labute approximate surface area is 238 Å². The summed E-state index contributed by atoms with van der Waals surface area (Å²) in [6.07, 6.45) is 2.75. The molecule has 1 aromatic heterocycles. The molecule has 1 amide bonds. The van der Waals surface area contributed by atoms with Crippen LogP contribution in [0.3, 0.4) is 0 Å². The molecule has 0 fully saturated rings. The molecule has 0 bridgehead atoms. The van der Waals surface area contributed by atoms with E-state index in [-0.39, 0.29) is 6.54 Å². The lowest BCUT2D eigenvalue weighted by Gasteiger charge is -2.23. The third-order valence-corrected chi connectivity index (χ3v) is 8.27. The molecule has 4 aromatic rings. The third kappa shape index (κ3) is 6.53. The molecule has 7 nitrogen and oxygen atoms in total. The minimum Gasteiger partial charge on any atom is -0.318 e. The molecule has 0 aliphatic rings. The van der Waals surface area contributed by atoms with Crippen LogP contribution >= 0.6 is 23.2 Å². The summed E-state index contributed by atoms with van der Waals surface area (Å²) < 4.78 is 28.4. The first-order chi connectivity index (χ1) is 18.5. The maximum atomic E-state index is 12.7. The molecule has 10 heteroatoms. The summed E-state index contributed by atoms with van der Waals surface area (Å²) in [5.41, 5.74) is 8.84. The van der Waals surface area contributed by atoms with Gasteiger partial charge in [-0.15, -0.1) is 0 Å². The van der Waals surface area contributed by atoms with Crippen molar-refractivity contribution in [3.8, 4) is 5.69 Å². The summed E-state index contributed by atoms with van der Waals surface area (Å²) in [7, 11) is -3.55. The summed E-state index contributed by atoms with van der Waals surface area (Å²) in [4.78, 5) is 12.7. The van der Waals surface area contributed by atoms with Crippen LogP contribution in [0.4, 0.5) is 5.69 Å². The minimum atomic E-state index is -3.55. The molecule has 0 atom stereocenters. The second-order valence-corrected chi connectivity index (χ2v) is 11.9. The van der Waals surface area contributed by atoms with Crippen molar-refractivity contribution in [1.82, 2.24) is 9.99 Å². The summed E-state index contributed by atoms with van der Waals surface area (Å²) >= 11 is 12.2. The first-order valence-corrected chi connectivity index (χ1v) is 14.7. The van der Waals surface area contributed by atoms with Crippen molar-refractivity contribution in [2.45, 2.75) is 27.3 Å². The van der Waals surface area contributed by atoms with Crippen LogP contribution < -0.4 is 9.73 Å². The molecule has 0 aliphatic heterocycles. The van der Waals surface area contributed by atoms with Crippen molar-refractivity contribution in [3.05, 3.63) is 116 Å². The van der Waals surface area contributed by atoms with Gasteiger partial charge in [-0.3, -0.25) is 9.10 Å². The van der Waals surface area contributed by atoms with Crippen molar-refractivity contribution in [3.63, 3.8) is 0 Å². The van der Waals surface area contributed by atoms with E-state index in [2.05, 4.69) is 10.5 Å². The van der Waals surface area contributed by atoms with Crippen LogP contribution in [0.25, 0.3) is 5.69 Å². The molecular weight excluding hydrogens is 555 g/mol. The van der Waals surface area contributed by atoms with Crippen LogP contribution in [0.5, 0.6) is 0 Å². The second kappa shape index (κ2) is 11.7. The molecular formula is C29H28Cl2N4O3S. The highest BCUT2D eigenvalue weighted by Gasteiger charge is 2.19. The highest BCUT2D eigenvalue weighted by molar-refractivity contribution is 7.92. The number of aryl methyl sites for hydroxylation is 2.